The lowest BCUT2D eigenvalue weighted by molar-refractivity contribution is -0.141. The molecule has 0 aromatic heterocycles. The van der Waals surface area contributed by atoms with Gasteiger partial charge in [0.2, 0.25) is 21.8 Å². The van der Waals surface area contributed by atoms with E-state index >= 15 is 0 Å². The Bertz CT molecular complexity index is 1210. The fraction of sp³-hybridized carbons (Fsp3) is 0.481. The third-order valence-electron chi connectivity index (χ3n) is 6.24. The predicted molar refractivity (Wildman–Crippen MR) is 153 cm³/mol. The Labute approximate surface area is 236 Å². The minimum absolute atomic E-state index is 0.0360. The van der Waals surface area contributed by atoms with E-state index in [1.165, 1.54) is 16.3 Å². The molecule has 0 saturated heterocycles. The van der Waals surface area contributed by atoms with Crippen LogP contribution in [0.15, 0.2) is 42.5 Å². The van der Waals surface area contributed by atoms with Crippen LogP contribution in [-0.2, 0) is 26.2 Å². The van der Waals surface area contributed by atoms with Gasteiger partial charge in [-0.2, -0.15) is 0 Å². The molecule has 0 heterocycles. The van der Waals surface area contributed by atoms with Crippen LogP contribution < -0.4 is 14.4 Å². The molecule has 2 aromatic carbocycles. The van der Waals surface area contributed by atoms with Crippen molar-refractivity contribution in [1.29, 1.82) is 0 Å². The summed E-state index contributed by atoms with van der Waals surface area (Å²) < 4.78 is 31.5. The summed E-state index contributed by atoms with van der Waals surface area (Å²) in [6.07, 6.45) is 2.56. The van der Waals surface area contributed by atoms with Crippen molar-refractivity contribution < 1.29 is 22.7 Å². The third kappa shape index (κ3) is 9.06. The van der Waals surface area contributed by atoms with Crippen LogP contribution in [0.1, 0.15) is 52.0 Å². The monoisotopic (exact) mass is 585 g/mol. The average molecular weight is 587 g/mol. The zero-order valence-electron chi connectivity index (χ0n) is 22.5. The smallest absolute Gasteiger partial charge is 0.243 e. The lowest BCUT2D eigenvalue weighted by Crippen LogP contribution is -2.50. The summed E-state index contributed by atoms with van der Waals surface area (Å²) in [6.45, 7) is 5.93. The zero-order valence-corrected chi connectivity index (χ0v) is 24.9. The van der Waals surface area contributed by atoms with Crippen molar-refractivity contribution in [2.75, 3.05) is 24.2 Å². The minimum Gasteiger partial charge on any atom is -0.497 e. The van der Waals surface area contributed by atoms with Gasteiger partial charge in [-0.3, -0.25) is 13.9 Å². The first-order chi connectivity index (χ1) is 17.9. The molecular formula is C27H37Cl2N3O5S. The highest BCUT2D eigenvalue weighted by molar-refractivity contribution is 7.92. The van der Waals surface area contributed by atoms with E-state index < -0.39 is 16.1 Å². The number of rotatable bonds is 14. The summed E-state index contributed by atoms with van der Waals surface area (Å²) in [5.74, 6) is 0.00652. The van der Waals surface area contributed by atoms with E-state index in [0.717, 1.165) is 12.7 Å². The van der Waals surface area contributed by atoms with Crippen molar-refractivity contribution in [3.05, 3.63) is 58.1 Å². The number of methoxy groups -OCH3 is 1. The molecule has 0 unspecified atom stereocenters. The number of amides is 2. The van der Waals surface area contributed by atoms with Gasteiger partial charge < -0.3 is 15.0 Å². The number of carbonyl (C=O) groups is 2. The molecule has 8 nitrogen and oxygen atoms in total. The summed E-state index contributed by atoms with van der Waals surface area (Å²) in [7, 11) is -2.11. The van der Waals surface area contributed by atoms with E-state index in [9.17, 15) is 18.0 Å². The van der Waals surface area contributed by atoms with Crippen LogP contribution in [0.3, 0.4) is 0 Å². The van der Waals surface area contributed by atoms with E-state index in [1.807, 2.05) is 20.8 Å². The third-order valence-corrected chi connectivity index (χ3v) is 8.02. The first-order valence-electron chi connectivity index (χ1n) is 12.6. The highest BCUT2D eigenvalue weighted by Crippen LogP contribution is 2.26. The molecule has 0 bridgehead atoms. The number of nitrogens with one attached hydrogen (secondary N) is 1. The van der Waals surface area contributed by atoms with Crippen LogP contribution in [0.2, 0.25) is 10.0 Å². The van der Waals surface area contributed by atoms with Gasteiger partial charge in [-0.05, 0) is 56.0 Å². The maximum Gasteiger partial charge on any atom is 0.243 e. The molecule has 2 rings (SSSR count). The maximum atomic E-state index is 13.5. The van der Waals surface area contributed by atoms with E-state index in [1.54, 1.807) is 42.5 Å². The first-order valence-corrected chi connectivity index (χ1v) is 15.2. The molecule has 2 amide bonds. The molecular weight excluding hydrogens is 549 g/mol. The quantitative estimate of drug-likeness (QED) is 0.326. The molecule has 0 saturated carbocycles. The standard InChI is InChI=1S/C27H37Cl2N3O5S/c1-6-19(3)30-27(34)25(7-2)31(18-20-13-14-21(28)16-24(20)29)26(33)12-9-15-32(38(5,35)36)22-10-8-11-23(17-22)37-4/h8,10-11,13-14,16-17,19,25H,6-7,9,12,15,18H2,1-5H3,(H,30,34)/t19-,25+/m1/s1. The summed E-state index contributed by atoms with van der Waals surface area (Å²) in [6, 6.07) is 11.0. The van der Waals surface area contributed by atoms with Crippen LogP contribution in [0, 0.1) is 0 Å². The van der Waals surface area contributed by atoms with Crippen LogP contribution in [0.25, 0.3) is 0 Å². The number of ether oxygens (including phenoxy) is 1. The van der Waals surface area contributed by atoms with Crippen LogP contribution in [-0.4, -0.2) is 57.1 Å². The Morgan fingerprint density at radius 3 is 2.37 bits per heavy atom. The molecule has 2 aromatic rings. The number of hydrogen-bond acceptors (Lipinski definition) is 5. The number of benzene rings is 2. The average Bonchev–Trinajstić information content (AvgIpc) is 2.86. The summed E-state index contributed by atoms with van der Waals surface area (Å²) in [4.78, 5) is 28.2. The summed E-state index contributed by atoms with van der Waals surface area (Å²) in [5.41, 5.74) is 1.11. The molecule has 0 spiro atoms. The fourth-order valence-electron chi connectivity index (χ4n) is 3.96. The van der Waals surface area contributed by atoms with Gasteiger partial charge in [0.25, 0.3) is 0 Å². The number of anilines is 1. The maximum absolute atomic E-state index is 13.5. The second kappa shape index (κ2) is 14.6. The van der Waals surface area contributed by atoms with Gasteiger partial charge in [0, 0.05) is 41.7 Å². The molecule has 0 aliphatic rings. The number of halogens is 2. The second-order valence-corrected chi connectivity index (χ2v) is 11.9. The van der Waals surface area contributed by atoms with E-state index in [2.05, 4.69) is 5.32 Å². The number of nitrogens with zero attached hydrogens (tertiary/aromatic N) is 2. The van der Waals surface area contributed by atoms with Crippen LogP contribution in [0.5, 0.6) is 5.75 Å². The molecule has 0 radical (unpaired) electrons. The van der Waals surface area contributed by atoms with Crippen molar-refractivity contribution >= 4 is 50.7 Å². The van der Waals surface area contributed by atoms with Crippen molar-refractivity contribution in [2.24, 2.45) is 0 Å². The Balaban J connectivity index is 2.27. The Hall–Kier alpha value is -2.49. The van der Waals surface area contributed by atoms with E-state index in [4.69, 9.17) is 27.9 Å². The Kier molecular flexibility index (Phi) is 12.2. The van der Waals surface area contributed by atoms with Gasteiger partial charge in [-0.15, -0.1) is 0 Å². The van der Waals surface area contributed by atoms with Crippen molar-refractivity contribution in [2.45, 2.75) is 65.1 Å². The number of sulfonamides is 1. The highest BCUT2D eigenvalue weighted by atomic mass is 35.5. The molecule has 11 heteroatoms. The van der Waals surface area contributed by atoms with Gasteiger partial charge in [0.05, 0.1) is 19.1 Å². The first kappa shape index (κ1) is 31.7. The zero-order chi connectivity index (χ0) is 28.5. The lowest BCUT2D eigenvalue weighted by Gasteiger charge is -2.32. The molecule has 0 fully saturated rings. The van der Waals surface area contributed by atoms with Crippen molar-refractivity contribution in [3.8, 4) is 5.75 Å². The largest absolute Gasteiger partial charge is 0.497 e. The summed E-state index contributed by atoms with van der Waals surface area (Å²) >= 11 is 12.4. The normalized spacial score (nSPS) is 12.9. The highest BCUT2D eigenvalue weighted by Gasteiger charge is 2.30. The van der Waals surface area contributed by atoms with Crippen molar-refractivity contribution in [3.63, 3.8) is 0 Å². The predicted octanol–water partition coefficient (Wildman–Crippen LogP) is 5.27. The topological polar surface area (TPSA) is 96.0 Å². The number of carbonyl (C=O) groups excluding carboxylic acids is 2. The molecule has 210 valence electrons. The van der Waals surface area contributed by atoms with Gasteiger partial charge in [0.1, 0.15) is 11.8 Å². The lowest BCUT2D eigenvalue weighted by atomic mass is 10.1. The van der Waals surface area contributed by atoms with E-state index in [0.29, 0.717) is 33.5 Å². The second-order valence-electron chi connectivity index (χ2n) is 9.14. The molecule has 0 aliphatic carbocycles. The molecule has 1 N–H and O–H groups in total. The van der Waals surface area contributed by atoms with Gasteiger partial charge in [-0.25, -0.2) is 8.42 Å². The molecule has 2 atom stereocenters. The summed E-state index contributed by atoms with van der Waals surface area (Å²) in [5, 5.41) is 3.83. The van der Waals surface area contributed by atoms with Gasteiger partial charge in [0.15, 0.2) is 0 Å². The Morgan fingerprint density at radius 1 is 1.08 bits per heavy atom. The van der Waals surface area contributed by atoms with E-state index in [-0.39, 0.29) is 43.8 Å². The van der Waals surface area contributed by atoms with Crippen LogP contribution in [0.4, 0.5) is 5.69 Å². The molecule has 38 heavy (non-hydrogen) atoms. The van der Waals surface area contributed by atoms with Gasteiger partial charge in [-0.1, -0.05) is 49.2 Å². The fourth-order valence-corrected chi connectivity index (χ4v) is 5.39. The van der Waals surface area contributed by atoms with Crippen LogP contribution >= 0.6 is 23.2 Å². The number of hydrogen-bond donors (Lipinski definition) is 1. The van der Waals surface area contributed by atoms with Crippen molar-refractivity contribution in [1.82, 2.24) is 10.2 Å². The Morgan fingerprint density at radius 2 is 1.79 bits per heavy atom. The SMILES string of the molecule is CC[C@@H](C)NC(=O)[C@H](CC)N(Cc1ccc(Cl)cc1Cl)C(=O)CCCN(c1cccc(OC)c1)S(C)(=O)=O. The minimum atomic E-state index is -3.61. The van der Waals surface area contributed by atoms with Gasteiger partial charge >= 0.3 is 0 Å². The molecule has 0 aliphatic heterocycles.